The minimum atomic E-state index is -1.46. The van der Waals surface area contributed by atoms with E-state index >= 15 is 0 Å². The van der Waals surface area contributed by atoms with Crippen LogP contribution in [0.2, 0.25) is 0 Å². The van der Waals surface area contributed by atoms with E-state index in [-0.39, 0.29) is 0 Å². The minimum Gasteiger partial charge on any atom is -0.496 e. The molecule has 0 radical (unpaired) electrons. The van der Waals surface area contributed by atoms with Gasteiger partial charge in [-0.3, -0.25) is 4.79 Å². The lowest BCUT2D eigenvalue weighted by molar-refractivity contribution is -0.136. The molecule has 1 aromatic rings. The number of hydrogen-bond acceptors (Lipinski definition) is 5. The topological polar surface area (TPSA) is 80.2 Å². The van der Waals surface area contributed by atoms with Crippen LogP contribution < -0.4 is 10.2 Å². The molecule has 0 aromatic heterocycles. The summed E-state index contributed by atoms with van der Waals surface area (Å²) in [5, 5.41) is 13.2. The van der Waals surface area contributed by atoms with Gasteiger partial charge in [0.15, 0.2) is 0 Å². The van der Waals surface area contributed by atoms with Crippen molar-refractivity contribution in [3.05, 3.63) is 29.3 Å². The molecular weight excluding hydrogens is 260 g/mol. The maximum absolute atomic E-state index is 11.4. The van der Waals surface area contributed by atoms with Crippen molar-refractivity contribution in [3.63, 3.8) is 0 Å². The fraction of sp³-hybridized carbons (Fsp3) is 0.429. The van der Waals surface area contributed by atoms with Crippen molar-refractivity contribution in [3.8, 4) is 5.75 Å². The highest BCUT2D eigenvalue weighted by Crippen LogP contribution is 2.19. The van der Waals surface area contributed by atoms with Gasteiger partial charge in [0.2, 0.25) is 0 Å². The SMILES string of the molecule is COCc1cc(/C=N\NC(=O)C(C)(C)O)ccc1OC. The third-order valence-corrected chi connectivity index (χ3v) is 2.54. The van der Waals surface area contributed by atoms with E-state index in [1.54, 1.807) is 26.4 Å². The van der Waals surface area contributed by atoms with Crippen LogP contribution in [0.3, 0.4) is 0 Å². The molecule has 0 aliphatic heterocycles. The van der Waals surface area contributed by atoms with Crippen molar-refractivity contribution in [2.24, 2.45) is 5.10 Å². The van der Waals surface area contributed by atoms with Crippen molar-refractivity contribution < 1.29 is 19.4 Å². The van der Waals surface area contributed by atoms with Crippen LogP contribution in [0.15, 0.2) is 23.3 Å². The first-order valence-corrected chi connectivity index (χ1v) is 6.10. The molecule has 0 spiro atoms. The molecule has 0 aliphatic rings. The average molecular weight is 280 g/mol. The number of nitrogens with one attached hydrogen (secondary N) is 1. The number of aliphatic hydroxyl groups is 1. The Morgan fingerprint density at radius 2 is 2.15 bits per heavy atom. The lowest BCUT2D eigenvalue weighted by Gasteiger charge is -2.13. The highest BCUT2D eigenvalue weighted by Gasteiger charge is 2.22. The molecule has 110 valence electrons. The zero-order valence-electron chi connectivity index (χ0n) is 12.1. The third-order valence-electron chi connectivity index (χ3n) is 2.54. The predicted molar refractivity (Wildman–Crippen MR) is 75.7 cm³/mol. The molecule has 1 rings (SSSR count). The van der Waals surface area contributed by atoms with Crippen LogP contribution in [0.1, 0.15) is 25.0 Å². The standard InChI is InChI=1S/C14H20N2O4/c1-14(2,18)13(17)16-15-8-10-5-6-12(20-4)11(7-10)9-19-3/h5-8,18H,9H2,1-4H3,(H,16,17)/b15-8-. The van der Waals surface area contributed by atoms with Crippen LogP contribution in [0.5, 0.6) is 5.75 Å². The van der Waals surface area contributed by atoms with Gasteiger partial charge in [-0.05, 0) is 37.6 Å². The Balaban J connectivity index is 2.78. The number of carbonyl (C=O) groups excluding carboxylic acids is 1. The fourth-order valence-corrected chi connectivity index (χ4v) is 1.45. The average Bonchev–Trinajstić information content (AvgIpc) is 2.38. The van der Waals surface area contributed by atoms with Crippen LogP contribution in [0.4, 0.5) is 0 Å². The fourth-order valence-electron chi connectivity index (χ4n) is 1.45. The quantitative estimate of drug-likeness (QED) is 0.603. The monoisotopic (exact) mass is 280 g/mol. The van der Waals surface area contributed by atoms with Crippen molar-refractivity contribution in [1.82, 2.24) is 5.43 Å². The maximum atomic E-state index is 11.4. The molecule has 0 fully saturated rings. The molecule has 6 heteroatoms. The molecule has 0 heterocycles. The highest BCUT2D eigenvalue weighted by atomic mass is 16.5. The van der Waals surface area contributed by atoms with Crippen LogP contribution in [0.25, 0.3) is 0 Å². The molecule has 1 aromatic carbocycles. The van der Waals surface area contributed by atoms with Crippen LogP contribution in [-0.2, 0) is 16.1 Å². The summed E-state index contributed by atoms with van der Waals surface area (Å²) in [6, 6.07) is 5.45. The molecule has 0 saturated carbocycles. The number of ether oxygens (including phenoxy) is 2. The van der Waals surface area contributed by atoms with Gasteiger partial charge in [-0.2, -0.15) is 5.10 Å². The van der Waals surface area contributed by atoms with Crippen LogP contribution in [0, 0.1) is 0 Å². The van der Waals surface area contributed by atoms with E-state index in [4.69, 9.17) is 9.47 Å². The van der Waals surface area contributed by atoms with E-state index in [0.717, 1.165) is 16.9 Å². The number of methoxy groups -OCH3 is 2. The molecular formula is C14H20N2O4. The van der Waals surface area contributed by atoms with E-state index in [9.17, 15) is 9.90 Å². The van der Waals surface area contributed by atoms with Gasteiger partial charge in [0.05, 0.1) is 19.9 Å². The van der Waals surface area contributed by atoms with Gasteiger partial charge in [-0.1, -0.05) is 0 Å². The van der Waals surface area contributed by atoms with Gasteiger partial charge in [0.1, 0.15) is 11.4 Å². The van der Waals surface area contributed by atoms with Crippen molar-refractivity contribution >= 4 is 12.1 Å². The minimum absolute atomic E-state index is 0.418. The number of nitrogens with zero attached hydrogens (tertiary/aromatic N) is 1. The molecule has 0 unspecified atom stereocenters. The normalized spacial score (nSPS) is 11.7. The lowest BCUT2D eigenvalue weighted by atomic mass is 10.1. The van der Waals surface area contributed by atoms with E-state index in [1.807, 2.05) is 6.07 Å². The summed E-state index contributed by atoms with van der Waals surface area (Å²) in [5.41, 5.74) is 2.48. The molecule has 0 atom stereocenters. The van der Waals surface area contributed by atoms with Gasteiger partial charge in [-0.25, -0.2) is 5.43 Å². The predicted octanol–water partition coefficient (Wildman–Crippen LogP) is 1.06. The molecule has 0 aliphatic carbocycles. The van der Waals surface area contributed by atoms with Gasteiger partial charge in [0.25, 0.3) is 5.91 Å². The van der Waals surface area contributed by atoms with Crippen molar-refractivity contribution in [1.29, 1.82) is 0 Å². The summed E-state index contributed by atoms with van der Waals surface area (Å²) in [6.07, 6.45) is 1.49. The smallest absolute Gasteiger partial charge is 0.271 e. The number of carbonyl (C=O) groups is 1. The first-order chi connectivity index (χ1) is 9.38. The van der Waals surface area contributed by atoms with Crippen LogP contribution in [-0.4, -0.2) is 37.0 Å². The molecule has 2 N–H and O–H groups in total. The number of hydrogen-bond donors (Lipinski definition) is 2. The number of hydrazone groups is 1. The zero-order chi connectivity index (χ0) is 15.2. The first kappa shape index (κ1) is 16.1. The summed E-state index contributed by atoms with van der Waals surface area (Å²) >= 11 is 0. The first-order valence-electron chi connectivity index (χ1n) is 6.10. The van der Waals surface area contributed by atoms with Crippen molar-refractivity contribution in [2.45, 2.75) is 26.1 Å². The second-order valence-electron chi connectivity index (χ2n) is 4.76. The molecule has 0 bridgehead atoms. The van der Waals surface area contributed by atoms with Gasteiger partial charge in [0, 0.05) is 12.7 Å². The van der Waals surface area contributed by atoms with E-state index < -0.39 is 11.5 Å². The van der Waals surface area contributed by atoms with E-state index in [0.29, 0.717) is 6.61 Å². The second kappa shape index (κ2) is 7.02. The van der Waals surface area contributed by atoms with Crippen LogP contribution >= 0.6 is 0 Å². The zero-order valence-corrected chi connectivity index (χ0v) is 12.1. The molecule has 6 nitrogen and oxygen atoms in total. The maximum Gasteiger partial charge on any atom is 0.271 e. The summed E-state index contributed by atoms with van der Waals surface area (Å²) in [6.45, 7) is 3.20. The van der Waals surface area contributed by atoms with Gasteiger partial charge in [-0.15, -0.1) is 0 Å². The Labute approximate surface area is 118 Å². The van der Waals surface area contributed by atoms with Crippen molar-refractivity contribution in [2.75, 3.05) is 14.2 Å². The summed E-state index contributed by atoms with van der Waals surface area (Å²) in [7, 11) is 3.19. The second-order valence-corrected chi connectivity index (χ2v) is 4.76. The summed E-state index contributed by atoms with van der Waals surface area (Å²) < 4.78 is 10.3. The number of amides is 1. The molecule has 0 saturated heterocycles. The van der Waals surface area contributed by atoms with E-state index in [1.165, 1.54) is 20.1 Å². The Hall–Kier alpha value is -1.92. The van der Waals surface area contributed by atoms with Gasteiger partial charge >= 0.3 is 0 Å². The largest absolute Gasteiger partial charge is 0.496 e. The number of rotatable bonds is 6. The molecule has 1 amide bonds. The highest BCUT2D eigenvalue weighted by molar-refractivity contribution is 5.86. The third kappa shape index (κ3) is 4.64. The Morgan fingerprint density at radius 3 is 2.70 bits per heavy atom. The Bertz CT molecular complexity index is 492. The van der Waals surface area contributed by atoms with Gasteiger partial charge < -0.3 is 14.6 Å². The Morgan fingerprint density at radius 1 is 1.45 bits per heavy atom. The molecule has 20 heavy (non-hydrogen) atoms. The van der Waals surface area contributed by atoms with E-state index in [2.05, 4.69) is 10.5 Å². The summed E-state index contributed by atoms with van der Waals surface area (Å²) in [4.78, 5) is 11.4. The Kier molecular flexibility index (Phi) is 5.66. The lowest BCUT2D eigenvalue weighted by Crippen LogP contribution is -2.39. The number of benzene rings is 1. The summed E-state index contributed by atoms with van der Waals surface area (Å²) in [5.74, 6) is 0.156.